The molecular formula is C23H27N7O2. The van der Waals surface area contributed by atoms with Gasteiger partial charge in [0, 0.05) is 24.6 Å². The maximum atomic E-state index is 13.2. The van der Waals surface area contributed by atoms with Crippen LogP contribution in [0.4, 0.5) is 0 Å². The van der Waals surface area contributed by atoms with E-state index in [-0.39, 0.29) is 17.9 Å². The Morgan fingerprint density at radius 3 is 2.69 bits per heavy atom. The maximum absolute atomic E-state index is 13.2. The number of hydrazine groups is 2. The highest BCUT2D eigenvalue weighted by atomic mass is 16.2. The molecule has 2 aliphatic rings. The van der Waals surface area contributed by atoms with Gasteiger partial charge in [-0.2, -0.15) is 5.10 Å². The first-order valence-electron chi connectivity index (χ1n) is 11.0. The van der Waals surface area contributed by atoms with E-state index < -0.39 is 5.91 Å². The van der Waals surface area contributed by atoms with Gasteiger partial charge < -0.3 is 0 Å². The molecule has 3 heterocycles. The van der Waals surface area contributed by atoms with Crippen molar-refractivity contribution >= 4 is 22.8 Å². The topological polar surface area (TPSA) is 113 Å². The van der Waals surface area contributed by atoms with Crippen LogP contribution in [-0.2, 0) is 11.8 Å². The number of aromatic nitrogens is 3. The van der Waals surface area contributed by atoms with E-state index in [0.29, 0.717) is 34.0 Å². The zero-order valence-corrected chi connectivity index (χ0v) is 18.2. The quantitative estimate of drug-likeness (QED) is 0.468. The normalized spacial score (nSPS) is 22.5. The summed E-state index contributed by atoms with van der Waals surface area (Å²) >= 11 is 0. The van der Waals surface area contributed by atoms with Gasteiger partial charge in [-0.25, -0.2) is 10.4 Å². The molecule has 1 aliphatic heterocycles. The van der Waals surface area contributed by atoms with Crippen molar-refractivity contribution < 1.29 is 9.59 Å². The summed E-state index contributed by atoms with van der Waals surface area (Å²) in [6.45, 7) is 1.85. The highest BCUT2D eigenvalue weighted by Gasteiger charge is 2.41. The van der Waals surface area contributed by atoms with E-state index in [2.05, 4.69) is 26.8 Å². The number of fused-ring (bicyclic) bond motifs is 2. The second-order valence-electron chi connectivity index (χ2n) is 8.59. The predicted octanol–water partition coefficient (Wildman–Crippen LogP) is 1.74. The Hall–Kier alpha value is -3.30. The van der Waals surface area contributed by atoms with Crippen LogP contribution in [-0.4, -0.2) is 38.7 Å². The highest BCUT2D eigenvalue weighted by molar-refractivity contribution is 6.08. The summed E-state index contributed by atoms with van der Waals surface area (Å²) in [5, 5.41) is 5.11. The van der Waals surface area contributed by atoms with Crippen LogP contribution in [0, 0.1) is 12.8 Å². The summed E-state index contributed by atoms with van der Waals surface area (Å²) in [7, 11) is 1.81. The SMILES string of the molecule is Cc1nn(C)c2nc(-c3ccccc3)cc(C(=O)NNC(=O)C3NNC4CCCCC43)c12. The minimum absolute atomic E-state index is 0.235. The molecule has 3 aromatic rings. The summed E-state index contributed by atoms with van der Waals surface area (Å²) < 4.78 is 1.67. The molecule has 2 aromatic heterocycles. The molecular weight excluding hydrogens is 406 g/mol. The first-order chi connectivity index (χ1) is 15.5. The van der Waals surface area contributed by atoms with E-state index in [1.165, 1.54) is 6.42 Å². The zero-order chi connectivity index (χ0) is 22.2. The lowest BCUT2D eigenvalue weighted by Gasteiger charge is -2.26. The van der Waals surface area contributed by atoms with Crippen LogP contribution >= 0.6 is 0 Å². The smallest absolute Gasteiger partial charge is 0.270 e. The molecule has 3 unspecified atom stereocenters. The minimum Gasteiger partial charge on any atom is -0.271 e. The van der Waals surface area contributed by atoms with Crippen LogP contribution in [0.5, 0.6) is 0 Å². The van der Waals surface area contributed by atoms with Crippen molar-refractivity contribution in [2.24, 2.45) is 13.0 Å². The molecule has 2 amide bonds. The predicted molar refractivity (Wildman–Crippen MR) is 120 cm³/mol. The van der Waals surface area contributed by atoms with Gasteiger partial charge in [-0.3, -0.25) is 30.5 Å². The Kier molecular flexibility index (Phi) is 5.36. The van der Waals surface area contributed by atoms with E-state index in [1.54, 1.807) is 17.8 Å². The first-order valence-corrected chi connectivity index (χ1v) is 11.0. The molecule has 0 radical (unpaired) electrons. The van der Waals surface area contributed by atoms with Gasteiger partial charge in [-0.15, -0.1) is 0 Å². The second-order valence-corrected chi connectivity index (χ2v) is 8.59. The van der Waals surface area contributed by atoms with E-state index in [9.17, 15) is 9.59 Å². The number of rotatable bonds is 3. The van der Waals surface area contributed by atoms with Gasteiger partial charge in [0.1, 0.15) is 6.04 Å². The largest absolute Gasteiger partial charge is 0.271 e. The molecule has 0 spiro atoms. The van der Waals surface area contributed by atoms with Crippen molar-refractivity contribution in [2.75, 3.05) is 0 Å². The third kappa shape index (κ3) is 3.63. The molecule has 1 saturated carbocycles. The van der Waals surface area contributed by atoms with Gasteiger partial charge in [0.25, 0.3) is 11.8 Å². The number of aryl methyl sites for hydroxylation is 2. The molecule has 0 bridgehead atoms. The Labute approximate surface area is 185 Å². The molecule has 166 valence electrons. The Morgan fingerprint density at radius 1 is 1.09 bits per heavy atom. The Bertz CT molecular complexity index is 1170. The molecule has 3 atom stereocenters. The van der Waals surface area contributed by atoms with Crippen molar-refractivity contribution in [2.45, 2.75) is 44.7 Å². The number of benzene rings is 1. The lowest BCUT2D eigenvalue weighted by Crippen LogP contribution is -2.52. The van der Waals surface area contributed by atoms with Crippen LogP contribution in [0.25, 0.3) is 22.3 Å². The number of carbonyl (C=O) groups is 2. The van der Waals surface area contributed by atoms with E-state index >= 15 is 0 Å². The van der Waals surface area contributed by atoms with Crippen molar-refractivity contribution in [3.05, 3.63) is 47.7 Å². The number of pyridine rings is 1. The molecule has 1 saturated heterocycles. The number of carbonyl (C=O) groups excluding carboxylic acids is 2. The van der Waals surface area contributed by atoms with Gasteiger partial charge in [0.05, 0.1) is 22.3 Å². The van der Waals surface area contributed by atoms with Gasteiger partial charge in [0.2, 0.25) is 0 Å². The summed E-state index contributed by atoms with van der Waals surface area (Å²) in [6, 6.07) is 11.4. The van der Waals surface area contributed by atoms with Crippen LogP contribution in [0.15, 0.2) is 36.4 Å². The number of nitrogens with one attached hydrogen (secondary N) is 4. The van der Waals surface area contributed by atoms with Crippen LogP contribution in [0.2, 0.25) is 0 Å². The summed E-state index contributed by atoms with van der Waals surface area (Å²) in [6.07, 6.45) is 4.35. The van der Waals surface area contributed by atoms with E-state index in [4.69, 9.17) is 4.98 Å². The van der Waals surface area contributed by atoms with Crippen molar-refractivity contribution in [1.82, 2.24) is 36.5 Å². The lowest BCUT2D eigenvalue weighted by atomic mass is 9.81. The number of amides is 2. The third-order valence-corrected chi connectivity index (χ3v) is 6.54. The summed E-state index contributed by atoms with van der Waals surface area (Å²) in [5.41, 5.74) is 14.9. The van der Waals surface area contributed by atoms with E-state index in [0.717, 1.165) is 24.8 Å². The average molecular weight is 434 g/mol. The zero-order valence-electron chi connectivity index (χ0n) is 18.2. The van der Waals surface area contributed by atoms with Crippen molar-refractivity contribution in [1.29, 1.82) is 0 Å². The fraction of sp³-hybridized carbons (Fsp3) is 0.391. The summed E-state index contributed by atoms with van der Waals surface area (Å²) in [4.78, 5) is 30.7. The van der Waals surface area contributed by atoms with Gasteiger partial charge in [-0.05, 0) is 25.8 Å². The van der Waals surface area contributed by atoms with Crippen molar-refractivity contribution in [3.8, 4) is 11.3 Å². The third-order valence-electron chi connectivity index (χ3n) is 6.54. The Balaban J connectivity index is 1.40. The standard InChI is InChI=1S/C23H27N7O2/c1-13-19-16(12-18(14-8-4-3-5-9-14)24-21(19)30(2)29-13)22(31)27-28-23(32)20-15-10-6-7-11-17(15)25-26-20/h3-5,8-9,12,15,17,20,25-26H,6-7,10-11H2,1-2H3,(H,27,31)(H,28,32). The highest BCUT2D eigenvalue weighted by Crippen LogP contribution is 2.30. The molecule has 9 nitrogen and oxygen atoms in total. The van der Waals surface area contributed by atoms with Crippen molar-refractivity contribution in [3.63, 3.8) is 0 Å². The summed E-state index contributed by atoms with van der Waals surface area (Å²) in [5.74, 6) is -0.402. The number of nitrogens with zero attached hydrogens (tertiary/aromatic N) is 3. The molecule has 1 aromatic carbocycles. The molecule has 9 heteroatoms. The van der Waals surface area contributed by atoms with E-state index in [1.807, 2.05) is 37.3 Å². The second kappa shape index (κ2) is 8.33. The van der Waals surface area contributed by atoms with Crippen LogP contribution in [0.1, 0.15) is 41.7 Å². The molecule has 2 fully saturated rings. The van der Waals surface area contributed by atoms with Gasteiger partial charge >= 0.3 is 0 Å². The van der Waals surface area contributed by atoms with Gasteiger partial charge in [0.15, 0.2) is 5.65 Å². The van der Waals surface area contributed by atoms with Crippen LogP contribution < -0.4 is 21.7 Å². The lowest BCUT2D eigenvalue weighted by molar-refractivity contribution is -0.124. The fourth-order valence-electron chi connectivity index (χ4n) is 4.95. The van der Waals surface area contributed by atoms with Crippen LogP contribution in [0.3, 0.4) is 0 Å². The maximum Gasteiger partial charge on any atom is 0.270 e. The molecule has 5 rings (SSSR count). The molecule has 1 aliphatic carbocycles. The molecule has 32 heavy (non-hydrogen) atoms. The Morgan fingerprint density at radius 2 is 1.88 bits per heavy atom. The van der Waals surface area contributed by atoms with Gasteiger partial charge in [-0.1, -0.05) is 43.2 Å². The minimum atomic E-state index is -0.398. The first kappa shape index (κ1) is 20.6. The fourth-order valence-corrected chi connectivity index (χ4v) is 4.95. The monoisotopic (exact) mass is 433 g/mol. The number of hydrogen-bond acceptors (Lipinski definition) is 6. The molecule has 4 N–H and O–H groups in total. The average Bonchev–Trinajstić information content (AvgIpc) is 3.38. The number of hydrogen-bond donors (Lipinski definition) is 4.